The van der Waals surface area contributed by atoms with E-state index in [1.165, 1.54) is 7.11 Å². The molecular formula is C19H29NO3. The maximum atomic E-state index is 12.5. The standard InChI is InChI=1S/C19H29NO3/c1-15(2)12-13-20(14-16(3)19(22)23-4)18(21)11-10-17-8-6-5-7-9-17/h5-9,15-16H,10-14H2,1-4H3. The second-order valence-corrected chi connectivity index (χ2v) is 6.43. The van der Waals surface area contributed by atoms with E-state index in [1.54, 1.807) is 6.92 Å². The van der Waals surface area contributed by atoms with Crippen LogP contribution >= 0.6 is 0 Å². The van der Waals surface area contributed by atoms with Gasteiger partial charge >= 0.3 is 5.97 Å². The summed E-state index contributed by atoms with van der Waals surface area (Å²) < 4.78 is 4.77. The van der Waals surface area contributed by atoms with E-state index in [9.17, 15) is 9.59 Å². The lowest BCUT2D eigenvalue weighted by Gasteiger charge is -2.26. The number of carbonyl (C=O) groups excluding carboxylic acids is 2. The van der Waals surface area contributed by atoms with Gasteiger partial charge in [-0.25, -0.2) is 0 Å². The average molecular weight is 319 g/mol. The van der Waals surface area contributed by atoms with Crippen LogP contribution in [0.4, 0.5) is 0 Å². The zero-order valence-corrected chi connectivity index (χ0v) is 14.7. The number of hydrogen-bond acceptors (Lipinski definition) is 3. The van der Waals surface area contributed by atoms with E-state index in [-0.39, 0.29) is 17.8 Å². The fraction of sp³-hybridized carbons (Fsp3) is 0.579. The first kappa shape index (κ1) is 19.2. The van der Waals surface area contributed by atoms with Crippen LogP contribution in [0.2, 0.25) is 0 Å². The number of nitrogens with zero attached hydrogens (tertiary/aromatic N) is 1. The summed E-state index contributed by atoms with van der Waals surface area (Å²) in [7, 11) is 1.38. The van der Waals surface area contributed by atoms with E-state index in [4.69, 9.17) is 4.74 Å². The molecule has 0 heterocycles. The Hall–Kier alpha value is -1.84. The molecule has 0 radical (unpaired) electrons. The lowest BCUT2D eigenvalue weighted by molar-refractivity contribution is -0.146. The zero-order valence-electron chi connectivity index (χ0n) is 14.7. The number of amides is 1. The Bertz CT molecular complexity index is 485. The highest BCUT2D eigenvalue weighted by Gasteiger charge is 2.21. The van der Waals surface area contributed by atoms with Gasteiger partial charge in [-0.15, -0.1) is 0 Å². The van der Waals surface area contributed by atoms with Crippen LogP contribution in [0, 0.1) is 11.8 Å². The summed E-state index contributed by atoms with van der Waals surface area (Å²) in [6.45, 7) is 7.19. The molecule has 0 saturated heterocycles. The van der Waals surface area contributed by atoms with Gasteiger partial charge in [-0.3, -0.25) is 9.59 Å². The molecule has 4 nitrogen and oxygen atoms in total. The second kappa shape index (κ2) is 10.0. The van der Waals surface area contributed by atoms with Crippen molar-refractivity contribution in [3.63, 3.8) is 0 Å². The Morgan fingerprint density at radius 1 is 1.13 bits per heavy atom. The van der Waals surface area contributed by atoms with Crippen molar-refractivity contribution >= 4 is 11.9 Å². The molecule has 0 spiro atoms. The minimum absolute atomic E-state index is 0.102. The molecule has 0 saturated carbocycles. The molecule has 0 aliphatic rings. The van der Waals surface area contributed by atoms with Crippen LogP contribution in [0.15, 0.2) is 30.3 Å². The molecule has 23 heavy (non-hydrogen) atoms. The largest absolute Gasteiger partial charge is 0.469 e. The number of carbonyl (C=O) groups is 2. The molecule has 0 bridgehead atoms. The molecule has 1 unspecified atom stereocenters. The quantitative estimate of drug-likeness (QED) is 0.656. The first-order chi connectivity index (χ1) is 10.9. The summed E-state index contributed by atoms with van der Waals surface area (Å²) in [4.78, 5) is 26.0. The summed E-state index contributed by atoms with van der Waals surface area (Å²) in [5, 5.41) is 0. The van der Waals surface area contributed by atoms with Gasteiger partial charge in [0.2, 0.25) is 5.91 Å². The van der Waals surface area contributed by atoms with Crippen LogP contribution in [0.25, 0.3) is 0 Å². The third-order valence-electron chi connectivity index (χ3n) is 3.90. The van der Waals surface area contributed by atoms with Crippen LogP contribution in [0.1, 0.15) is 39.2 Å². The van der Waals surface area contributed by atoms with Crippen LogP contribution in [-0.4, -0.2) is 37.0 Å². The predicted molar refractivity (Wildman–Crippen MR) is 92.0 cm³/mol. The van der Waals surface area contributed by atoms with Gasteiger partial charge in [0.1, 0.15) is 0 Å². The minimum atomic E-state index is -0.298. The Morgan fingerprint density at radius 2 is 1.78 bits per heavy atom. The van der Waals surface area contributed by atoms with E-state index in [0.717, 1.165) is 18.4 Å². The molecule has 1 atom stereocenters. The number of rotatable bonds is 9. The van der Waals surface area contributed by atoms with Crippen molar-refractivity contribution in [1.82, 2.24) is 4.90 Å². The van der Waals surface area contributed by atoms with Gasteiger partial charge in [0.05, 0.1) is 13.0 Å². The molecule has 0 aliphatic carbocycles. The molecule has 1 amide bonds. The lowest BCUT2D eigenvalue weighted by atomic mass is 10.1. The van der Waals surface area contributed by atoms with E-state index < -0.39 is 0 Å². The maximum absolute atomic E-state index is 12.5. The first-order valence-corrected chi connectivity index (χ1v) is 8.33. The SMILES string of the molecule is COC(=O)C(C)CN(CCC(C)C)C(=O)CCc1ccccc1. The summed E-state index contributed by atoms with van der Waals surface area (Å²) in [5.41, 5.74) is 1.16. The Kier molecular flexibility index (Phi) is 8.38. The monoisotopic (exact) mass is 319 g/mol. The molecule has 1 rings (SSSR count). The zero-order chi connectivity index (χ0) is 17.2. The molecule has 0 aliphatic heterocycles. The van der Waals surface area contributed by atoms with Gasteiger partial charge in [0, 0.05) is 19.5 Å². The summed E-state index contributed by atoms with van der Waals surface area (Å²) in [6.07, 6.45) is 2.13. The van der Waals surface area contributed by atoms with Gasteiger partial charge in [0.15, 0.2) is 0 Å². The number of aryl methyl sites for hydroxylation is 1. The maximum Gasteiger partial charge on any atom is 0.310 e. The van der Waals surface area contributed by atoms with Gasteiger partial charge in [-0.05, 0) is 24.3 Å². The third-order valence-corrected chi connectivity index (χ3v) is 3.90. The summed E-state index contributed by atoms with van der Waals surface area (Å²) in [5.74, 6) is 0.0568. The fourth-order valence-electron chi connectivity index (χ4n) is 2.39. The van der Waals surface area contributed by atoms with Crippen molar-refractivity contribution in [1.29, 1.82) is 0 Å². The molecule has 128 valence electrons. The normalized spacial score (nSPS) is 12.0. The highest BCUT2D eigenvalue weighted by molar-refractivity contribution is 5.78. The van der Waals surface area contributed by atoms with E-state index in [1.807, 2.05) is 35.2 Å². The number of esters is 1. The Labute approximate surface area is 139 Å². The van der Waals surface area contributed by atoms with Gasteiger partial charge < -0.3 is 9.64 Å². The van der Waals surface area contributed by atoms with Crippen LogP contribution in [-0.2, 0) is 20.7 Å². The van der Waals surface area contributed by atoms with Crippen molar-refractivity contribution in [3.05, 3.63) is 35.9 Å². The van der Waals surface area contributed by atoms with Crippen LogP contribution in [0.3, 0.4) is 0 Å². The van der Waals surface area contributed by atoms with Crippen molar-refractivity contribution < 1.29 is 14.3 Å². The molecule has 1 aromatic rings. The third kappa shape index (κ3) is 7.31. The first-order valence-electron chi connectivity index (χ1n) is 8.33. The molecule has 1 aromatic carbocycles. The van der Waals surface area contributed by atoms with Crippen LogP contribution in [0.5, 0.6) is 0 Å². The Balaban J connectivity index is 2.61. The number of methoxy groups -OCH3 is 1. The number of benzene rings is 1. The van der Waals surface area contributed by atoms with Crippen molar-refractivity contribution in [2.45, 2.75) is 40.0 Å². The van der Waals surface area contributed by atoms with Gasteiger partial charge in [0.25, 0.3) is 0 Å². The van der Waals surface area contributed by atoms with E-state index >= 15 is 0 Å². The molecule has 0 fully saturated rings. The highest BCUT2D eigenvalue weighted by Crippen LogP contribution is 2.11. The molecule has 0 N–H and O–H groups in total. The fourth-order valence-corrected chi connectivity index (χ4v) is 2.39. The van der Waals surface area contributed by atoms with Crippen molar-refractivity contribution in [3.8, 4) is 0 Å². The summed E-state index contributed by atoms with van der Waals surface area (Å²) in [6, 6.07) is 10.00. The Morgan fingerprint density at radius 3 is 2.35 bits per heavy atom. The highest BCUT2D eigenvalue weighted by atomic mass is 16.5. The molecule has 4 heteroatoms. The topological polar surface area (TPSA) is 46.6 Å². The van der Waals surface area contributed by atoms with Gasteiger partial charge in [-0.2, -0.15) is 0 Å². The molecule has 0 aromatic heterocycles. The van der Waals surface area contributed by atoms with Gasteiger partial charge in [-0.1, -0.05) is 51.1 Å². The van der Waals surface area contributed by atoms with Crippen molar-refractivity contribution in [2.24, 2.45) is 11.8 Å². The van der Waals surface area contributed by atoms with Crippen molar-refractivity contribution in [2.75, 3.05) is 20.2 Å². The average Bonchev–Trinajstić information content (AvgIpc) is 2.56. The van der Waals surface area contributed by atoms with E-state index in [0.29, 0.717) is 25.4 Å². The minimum Gasteiger partial charge on any atom is -0.469 e. The van der Waals surface area contributed by atoms with E-state index in [2.05, 4.69) is 13.8 Å². The summed E-state index contributed by atoms with van der Waals surface area (Å²) >= 11 is 0. The lowest BCUT2D eigenvalue weighted by Crippen LogP contribution is -2.38. The second-order valence-electron chi connectivity index (χ2n) is 6.43. The predicted octanol–water partition coefficient (Wildman–Crippen LogP) is 3.30. The number of ether oxygens (including phenoxy) is 1. The number of hydrogen-bond donors (Lipinski definition) is 0. The molecular weight excluding hydrogens is 290 g/mol. The van der Waals surface area contributed by atoms with Crippen LogP contribution < -0.4 is 0 Å². The smallest absolute Gasteiger partial charge is 0.310 e.